The van der Waals surface area contributed by atoms with Gasteiger partial charge in [0.05, 0.1) is 19.8 Å². The first-order valence-electron chi connectivity index (χ1n) is 23.0. The van der Waals surface area contributed by atoms with Crippen LogP contribution in [0.25, 0.3) is 0 Å². The monoisotopic (exact) mass is 828 g/mol. The van der Waals surface area contributed by atoms with Crippen LogP contribution in [0.4, 0.5) is 0 Å². The summed E-state index contributed by atoms with van der Waals surface area (Å²) in [5.41, 5.74) is 5.35. The Hall–Kier alpha value is -1.81. The molecule has 0 spiro atoms. The zero-order chi connectivity index (χ0) is 41.9. The van der Waals surface area contributed by atoms with Crippen molar-refractivity contribution < 1.29 is 42.7 Å². The molecule has 0 aromatic heterocycles. The van der Waals surface area contributed by atoms with Crippen LogP contribution < -0.4 is 5.73 Å². The summed E-state index contributed by atoms with van der Waals surface area (Å²) in [5, 5.41) is 8.90. The SMILES string of the molecule is CCCC/C=C\CCCCCCCCOCC(COP(=O)(O)OCC(N)C(=O)O)OC(=O)CCCCCCCCCCCCC/C=C\C/C=C\CCCCCCC. The van der Waals surface area contributed by atoms with Crippen LogP contribution in [-0.2, 0) is 32.7 Å². The van der Waals surface area contributed by atoms with Crippen molar-refractivity contribution in [1.82, 2.24) is 0 Å². The predicted molar refractivity (Wildman–Crippen MR) is 235 cm³/mol. The fourth-order valence-corrected chi connectivity index (χ4v) is 7.04. The quantitative estimate of drug-likeness (QED) is 0.0234. The minimum Gasteiger partial charge on any atom is -0.480 e. The molecular weight excluding hydrogens is 741 g/mol. The smallest absolute Gasteiger partial charge is 0.472 e. The Morgan fingerprint density at radius 1 is 0.561 bits per heavy atom. The highest BCUT2D eigenvalue weighted by molar-refractivity contribution is 7.47. The Labute approximate surface area is 348 Å². The van der Waals surface area contributed by atoms with Crippen LogP contribution in [0.15, 0.2) is 36.5 Å². The second-order valence-electron chi connectivity index (χ2n) is 15.5. The molecule has 0 aliphatic rings. The second kappa shape index (κ2) is 42.3. The fourth-order valence-electron chi connectivity index (χ4n) is 6.26. The van der Waals surface area contributed by atoms with Gasteiger partial charge in [0.1, 0.15) is 12.1 Å². The molecule has 0 rings (SSSR count). The number of hydrogen-bond acceptors (Lipinski definition) is 8. The number of carboxylic acid groups (broad SMARTS) is 1. The van der Waals surface area contributed by atoms with E-state index in [1.807, 2.05) is 0 Å². The average molecular weight is 828 g/mol. The van der Waals surface area contributed by atoms with Crippen molar-refractivity contribution in [1.29, 1.82) is 0 Å². The molecule has 0 aromatic carbocycles. The maximum absolute atomic E-state index is 12.6. The molecule has 0 heterocycles. The van der Waals surface area contributed by atoms with Crippen LogP contribution in [-0.4, -0.2) is 60.5 Å². The van der Waals surface area contributed by atoms with E-state index in [4.69, 9.17) is 29.4 Å². The molecule has 334 valence electrons. The number of allylic oxidation sites excluding steroid dienone is 6. The van der Waals surface area contributed by atoms with Crippen LogP contribution in [0.1, 0.15) is 206 Å². The molecule has 0 aromatic rings. The Kier molecular flexibility index (Phi) is 41.0. The number of nitrogens with two attached hydrogens (primary N) is 1. The molecule has 0 bridgehead atoms. The molecule has 11 heteroatoms. The maximum atomic E-state index is 12.6. The molecule has 3 unspecified atom stereocenters. The van der Waals surface area contributed by atoms with Crippen molar-refractivity contribution in [2.75, 3.05) is 26.4 Å². The van der Waals surface area contributed by atoms with Crippen LogP contribution in [0.5, 0.6) is 0 Å². The van der Waals surface area contributed by atoms with Gasteiger partial charge in [-0.15, -0.1) is 0 Å². The highest BCUT2D eigenvalue weighted by Gasteiger charge is 2.27. The van der Waals surface area contributed by atoms with Gasteiger partial charge in [-0.05, 0) is 64.2 Å². The van der Waals surface area contributed by atoms with Crippen molar-refractivity contribution in [2.24, 2.45) is 5.73 Å². The maximum Gasteiger partial charge on any atom is 0.472 e. The van der Waals surface area contributed by atoms with E-state index in [2.05, 4.69) is 50.3 Å². The lowest BCUT2D eigenvalue weighted by molar-refractivity contribution is -0.154. The first kappa shape index (κ1) is 55.2. The molecule has 4 N–H and O–H groups in total. The van der Waals surface area contributed by atoms with E-state index in [1.165, 1.54) is 128 Å². The van der Waals surface area contributed by atoms with E-state index in [1.54, 1.807) is 0 Å². The Balaban J connectivity index is 4.13. The number of unbranched alkanes of at least 4 members (excludes halogenated alkanes) is 24. The van der Waals surface area contributed by atoms with Gasteiger partial charge in [0, 0.05) is 13.0 Å². The van der Waals surface area contributed by atoms with Gasteiger partial charge in [0.15, 0.2) is 0 Å². The van der Waals surface area contributed by atoms with Crippen molar-refractivity contribution in [3.63, 3.8) is 0 Å². The number of hydrogen-bond donors (Lipinski definition) is 3. The number of carbonyl (C=O) groups excluding carboxylic acids is 1. The third-order valence-corrected chi connectivity index (χ3v) is 10.8. The lowest BCUT2D eigenvalue weighted by Gasteiger charge is -2.20. The summed E-state index contributed by atoms with van der Waals surface area (Å²) < 4.78 is 33.3. The van der Waals surface area contributed by atoms with E-state index in [9.17, 15) is 19.0 Å². The molecule has 0 amide bonds. The molecule has 57 heavy (non-hydrogen) atoms. The zero-order valence-electron chi connectivity index (χ0n) is 36.4. The second-order valence-corrected chi connectivity index (χ2v) is 17.0. The zero-order valence-corrected chi connectivity index (χ0v) is 37.3. The minimum atomic E-state index is -4.62. The number of esters is 1. The molecule has 3 atom stereocenters. The predicted octanol–water partition coefficient (Wildman–Crippen LogP) is 12.9. The van der Waals surface area contributed by atoms with Gasteiger partial charge in [-0.25, -0.2) is 4.57 Å². The van der Waals surface area contributed by atoms with Crippen molar-refractivity contribution in [3.05, 3.63) is 36.5 Å². The van der Waals surface area contributed by atoms with Crippen LogP contribution in [0.2, 0.25) is 0 Å². The Bertz CT molecular complexity index is 1050. The van der Waals surface area contributed by atoms with E-state index in [0.29, 0.717) is 13.0 Å². The average Bonchev–Trinajstić information content (AvgIpc) is 3.19. The molecule has 0 aliphatic carbocycles. The molecule has 0 saturated carbocycles. The number of ether oxygens (including phenoxy) is 2. The molecule has 0 radical (unpaired) electrons. The number of phosphoric ester groups is 1. The summed E-state index contributed by atoms with van der Waals surface area (Å²) >= 11 is 0. The van der Waals surface area contributed by atoms with Crippen molar-refractivity contribution in [2.45, 2.75) is 219 Å². The summed E-state index contributed by atoms with van der Waals surface area (Å²) in [7, 11) is -4.62. The number of aliphatic carboxylic acids is 1. The number of carboxylic acids is 1. The Morgan fingerprint density at radius 3 is 1.49 bits per heavy atom. The third kappa shape index (κ3) is 42.1. The molecule has 10 nitrogen and oxygen atoms in total. The van der Waals surface area contributed by atoms with Crippen LogP contribution in [0, 0.1) is 0 Å². The summed E-state index contributed by atoms with van der Waals surface area (Å²) in [5.74, 6) is -1.78. The van der Waals surface area contributed by atoms with Gasteiger partial charge in [-0.2, -0.15) is 0 Å². The molecule has 0 aliphatic heterocycles. The topological polar surface area (TPSA) is 155 Å². The van der Waals surface area contributed by atoms with E-state index < -0.39 is 45.1 Å². The van der Waals surface area contributed by atoms with E-state index >= 15 is 0 Å². The standard InChI is InChI=1S/C46H86NO9P/c1-3-5-7-9-11-13-15-17-18-19-20-21-22-23-24-25-26-27-28-30-32-34-36-38-45(48)56-43(41-54-57(51,52)55-42-44(47)46(49)50)40-53-39-37-35-33-31-29-16-14-12-10-8-6-4-2/h10,12,15,17,19-20,43-44H,3-9,11,13-14,16,18,21-42,47H2,1-2H3,(H,49,50)(H,51,52)/b12-10-,17-15-,20-19-. The first-order chi connectivity index (χ1) is 27.7. The van der Waals surface area contributed by atoms with E-state index in [-0.39, 0.29) is 13.0 Å². The number of phosphoric acid groups is 1. The van der Waals surface area contributed by atoms with Gasteiger partial charge >= 0.3 is 19.8 Å². The lowest BCUT2D eigenvalue weighted by Crippen LogP contribution is -2.34. The van der Waals surface area contributed by atoms with Crippen molar-refractivity contribution in [3.8, 4) is 0 Å². The minimum absolute atomic E-state index is 0.0129. The van der Waals surface area contributed by atoms with Gasteiger partial charge in [-0.3, -0.25) is 18.6 Å². The highest BCUT2D eigenvalue weighted by Crippen LogP contribution is 2.43. The molecule has 0 saturated heterocycles. The third-order valence-electron chi connectivity index (χ3n) is 9.89. The summed E-state index contributed by atoms with van der Waals surface area (Å²) in [6, 6.07) is -1.47. The van der Waals surface area contributed by atoms with Gasteiger partial charge in [0.2, 0.25) is 0 Å². The number of rotatable bonds is 44. The highest BCUT2D eigenvalue weighted by atomic mass is 31.2. The Morgan fingerprint density at radius 2 is 0.982 bits per heavy atom. The lowest BCUT2D eigenvalue weighted by atomic mass is 10.0. The number of carbonyl (C=O) groups is 2. The van der Waals surface area contributed by atoms with Crippen LogP contribution in [0.3, 0.4) is 0 Å². The summed E-state index contributed by atoms with van der Waals surface area (Å²) in [6.45, 7) is 3.83. The van der Waals surface area contributed by atoms with Gasteiger partial charge in [-0.1, -0.05) is 172 Å². The normalized spacial score (nSPS) is 14.2. The molecular formula is C46H86NO9P. The largest absolute Gasteiger partial charge is 0.480 e. The van der Waals surface area contributed by atoms with Gasteiger partial charge in [0.25, 0.3) is 0 Å². The summed E-state index contributed by atoms with van der Waals surface area (Å²) in [6.07, 6.45) is 47.7. The molecule has 0 fully saturated rings. The van der Waals surface area contributed by atoms with Crippen LogP contribution >= 0.6 is 7.82 Å². The van der Waals surface area contributed by atoms with Crippen molar-refractivity contribution >= 4 is 19.8 Å². The van der Waals surface area contributed by atoms with Gasteiger partial charge < -0.3 is 25.2 Å². The summed E-state index contributed by atoms with van der Waals surface area (Å²) in [4.78, 5) is 33.5. The van der Waals surface area contributed by atoms with E-state index in [0.717, 1.165) is 51.4 Å². The first-order valence-corrected chi connectivity index (χ1v) is 24.5. The fraction of sp³-hybridized carbons (Fsp3) is 0.826.